The number of pyridine rings is 1. The summed E-state index contributed by atoms with van der Waals surface area (Å²) in [5, 5.41) is 11.6. The number of hydrogen-bond donors (Lipinski definition) is 2. The van der Waals surface area contributed by atoms with Gasteiger partial charge in [-0.2, -0.15) is 5.01 Å². The summed E-state index contributed by atoms with van der Waals surface area (Å²) in [6.45, 7) is 1.75. The van der Waals surface area contributed by atoms with Gasteiger partial charge in [0.05, 0.1) is 29.3 Å². The van der Waals surface area contributed by atoms with Crippen molar-refractivity contribution in [2.75, 3.05) is 29.1 Å². The summed E-state index contributed by atoms with van der Waals surface area (Å²) in [5.41, 5.74) is 9.90. The molecule has 3 N–H and O–H groups in total. The van der Waals surface area contributed by atoms with Crippen molar-refractivity contribution in [1.82, 2.24) is 10.3 Å². The molecule has 1 aliphatic heterocycles. The Hall–Kier alpha value is -4.83. The number of rotatable bonds is 5. The SMILES string of the molecule is Nc1c(C(=O)Nc2c[n+](N3CCCCC3)no2)sc2nc(-c3cccc4ccccc34)cc(-c3cccc(F)c3)c12. The Morgan fingerprint density at radius 3 is 2.66 bits per heavy atom. The van der Waals surface area contributed by atoms with Crippen LogP contribution in [0.3, 0.4) is 0 Å². The monoisotopic (exact) mass is 565 g/mol. The van der Waals surface area contributed by atoms with Crippen molar-refractivity contribution in [3.05, 3.63) is 89.7 Å². The number of piperidine rings is 1. The van der Waals surface area contributed by atoms with E-state index in [2.05, 4.69) is 27.7 Å². The molecule has 1 aliphatic rings. The van der Waals surface area contributed by atoms with Crippen molar-refractivity contribution in [3.63, 3.8) is 0 Å². The maximum absolute atomic E-state index is 14.4. The molecule has 0 unspecified atom stereocenters. The Balaban J connectivity index is 1.32. The van der Waals surface area contributed by atoms with Gasteiger partial charge in [0.15, 0.2) is 0 Å². The van der Waals surface area contributed by atoms with Gasteiger partial charge >= 0.3 is 5.88 Å². The first kappa shape index (κ1) is 25.2. The van der Waals surface area contributed by atoms with E-state index in [1.54, 1.807) is 17.1 Å². The quantitative estimate of drug-likeness (QED) is 0.243. The summed E-state index contributed by atoms with van der Waals surface area (Å²) in [5.74, 6) is -0.574. The minimum absolute atomic E-state index is 0.215. The van der Waals surface area contributed by atoms with Gasteiger partial charge < -0.3 is 5.73 Å². The van der Waals surface area contributed by atoms with Crippen molar-refractivity contribution in [3.8, 4) is 22.4 Å². The van der Waals surface area contributed by atoms with E-state index in [1.165, 1.54) is 29.9 Å². The molecule has 0 atom stereocenters. The van der Waals surface area contributed by atoms with Crippen LogP contribution in [-0.2, 0) is 0 Å². The Kier molecular flexibility index (Phi) is 6.31. The fraction of sp³-hybridized carbons (Fsp3) is 0.161. The van der Waals surface area contributed by atoms with Gasteiger partial charge in [0.1, 0.15) is 15.5 Å². The van der Waals surface area contributed by atoms with Gasteiger partial charge in [-0.1, -0.05) is 54.6 Å². The molecule has 0 radical (unpaired) electrons. The second-order valence-electron chi connectivity index (χ2n) is 10.1. The first-order valence-corrected chi connectivity index (χ1v) is 14.3. The molecule has 6 aromatic rings. The molecule has 3 aromatic carbocycles. The molecule has 0 saturated carbocycles. The number of thiophene rings is 1. The molecular weight excluding hydrogens is 539 g/mol. The molecule has 1 fully saturated rings. The average Bonchev–Trinajstić information content (AvgIpc) is 3.61. The van der Waals surface area contributed by atoms with Crippen LogP contribution in [0.2, 0.25) is 0 Å². The summed E-state index contributed by atoms with van der Waals surface area (Å²) in [4.78, 5) is 20.9. The number of amides is 1. The number of nitrogens with two attached hydrogens (primary N) is 1. The van der Waals surface area contributed by atoms with E-state index in [0.29, 0.717) is 31.9 Å². The molecule has 41 heavy (non-hydrogen) atoms. The van der Waals surface area contributed by atoms with Gasteiger partial charge in [-0.15, -0.1) is 11.3 Å². The maximum Gasteiger partial charge on any atom is 0.306 e. The Bertz CT molecular complexity index is 1920. The lowest BCUT2D eigenvalue weighted by Crippen LogP contribution is -2.60. The van der Waals surface area contributed by atoms with Gasteiger partial charge in [0.2, 0.25) is 5.27 Å². The van der Waals surface area contributed by atoms with E-state index in [9.17, 15) is 9.18 Å². The number of fused-ring (bicyclic) bond motifs is 2. The minimum Gasteiger partial charge on any atom is -0.397 e. The first-order valence-electron chi connectivity index (χ1n) is 13.5. The number of aromatic nitrogens is 3. The lowest BCUT2D eigenvalue weighted by molar-refractivity contribution is -0.759. The van der Waals surface area contributed by atoms with E-state index < -0.39 is 5.91 Å². The highest BCUT2D eigenvalue weighted by atomic mass is 32.1. The van der Waals surface area contributed by atoms with Gasteiger partial charge in [0, 0.05) is 10.9 Å². The van der Waals surface area contributed by atoms with Crippen LogP contribution in [0.1, 0.15) is 28.9 Å². The van der Waals surface area contributed by atoms with Crippen LogP contribution in [0, 0.1) is 5.82 Å². The van der Waals surface area contributed by atoms with Crippen molar-refractivity contribution in [2.45, 2.75) is 19.3 Å². The molecule has 4 heterocycles. The third-order valence-corrected chi connectivity index (χ3v) is 8.52. The second kappa shape index (κ2) is 10.3. The molecule has 0 bridgehead atoms. The Morgan fingerprint density at radius 2 is 1.80 bits per heavy atom. The molecule has 0 spiro atoms. The van der Waals surface area contributed by atoms with Crippen molar-refractivity contribution < 1.29 is 18.5 Å². The number of carbonyl (C=O) groups excluding carboxylic acids is 1. The van der Waals surface area contributed by atoms with Gasteiger partial charge in [-0.3, -0.25) is 14.6 Å². The van der Waals surface area contributed by atoms with Crippen LogP contribution in [-0.4, -0.2) is 29.3 Å². The number of hydrogen-bond acceptors (Lipinski definition) is 7. The zero-order chi connectivity index (χ0) is 27.9. The van der Waals surface area contributed by atoms with E-state index in [4.69, 9.17) is 15.2 Å². The molecule has 0 aliphatic carbocycles. The third kappa shape index (κ3) is 4.66. The minimum atomic E-state index is -0.427. The van der Waals surface area contributed by atoms with Gasteiger partial charge in [0.25, 0.3) is 12.1 Å². The highest BCUT2D eigenvalue weighted by molar-refractivity contribution is 7.21. The number of nitrogens with one attached hydrogen (secondary N) is 1. The van der Waals surface area contributed by atoms with E-state index >= 15 is 0 Å². The molecular formula is C31H26FN6O2S+. The summed E-state index contributed by atoms with van der Waals surface area (Å²) in [6.07, 6.45) is 5.02. The zero-order valence-corrected chi connectivity index (χ0v) is 22.8. The number of benzene rings is 3. The smallest absolute Gasteiger partial charge is 0.306 e. The highest BCUT2D eigenvalue weighted by Gasteiger charge is 2.26. The molecule has 1 amide bonds. The fourth-order valence-corrected chi connectivity index (χ4v) is 6.45. The van der Waals surface area contributed by atoms with E-state index in [0.717, 1.165) is 42.3 Å². The van der Waals surface area contributed by atoms with Crippen molar-refractivity contribution >= 4 is 49.8 Å². The number of nitrogens with zero attached hydrogens (tertiary/aromatic N) is 4. The highest BCUT2D eigenvalue weighted by Crippen LogP contribution is 2.42. The lowest BCUT2D eigenvalue weighted by Gasteiger charge is -2.17. The van der Waals surface area contributed by atoms with Gasteiger partial charge in [-0.25, -0.2) is 9.37 Å². The predicted octanol–water partition coefficient (Wildman–Crippen LogP) is 6.15. The van der Waals surface area contributed by atoms with Crippen molar-refractivity contribution in [2.24, 2.45) is 0 Å². The molecule has 7 rings (SSSR count). The van der Waals surface area contributed by atoms with E-state index in [-0.39, 0.29) is 17.4 Å². The first-order chi connectivity index (χ1) is 20.0. The number of halogens is 1. The summed E-state index contributed by atoms with van der Waals surface area (Å²) < 4.78 is 19.8. The van der Waals surface area contributed by atoms with Gasteiger partial charge in [-0.05, 0) is 59.4 Å². The summed E-state index contributed by atoms with van der Waals surface area (Å²) >= 11 is 1.19. The standard InChI is InChI=1S/C31H25FN6O2S/c32-21-11-6-10-20(16-21)24-17-25(23-13-7-9-19-8-2-3-12-22(19)23)34-31-27(24)28(33)29(41-31)30(39)35-26-18-38(36-40-26)37-14-4-1-5-15-37/h2-3,6-13,16-18H,1,4-5,14-15H2,(H2-,33,35,36,39)/p+1. The lowest BCUT2D eigenvalue weighted by atomic mass is 9.97. The zero-order valence-electron chi connectivity index (χ0n) is 22.0. The largest absolute Gasteiger partial charge is 0.397 e. The average molecular weight is 566 g/mol. The normalized spacial score (nSPS) is 13.6. The molecule has 10 heteroatoms. The van der Waals surface area contributed by atoms with Crippen LogP contribution < -0.4 is 20.9 Å². The number of carbonyl (C=O) groups is 1. The predicted molar refractivity (Wildman–Crippen MR) is 159 cm³/mol. The summed E-state index contributed by atoms with van der Waals surface area (Å²) in [7, 11) is 0. The van der Waals surface area contributed by atoms with Crippen LogP contribution in [0.5, 0.6) is 0 Å². The van der Waals surface area contributed by atoms with Crippen LogP contribution in [0.15, 0.2) is 83.5 Å². The Morgan fingerprint density at radius 1 is 1.00 bits per heavy atom. The van der Waals surface area contributed by atoms with Crippen LogP contribution in [0.4, 0.5) is 16.0 Å². The van der Waals surface area contributed by atoms with E-state index in [1.807, 2.05) is 42.5 Å². The maximum atomic E-state index is 14.4. The van der Waals surface area contributed by atoms with Crippen LogP contribution >= 0.6 is 11.3 Å². The fourth-order valence-electron chi connectivity index (χ4n) is 5.44. The topological polar surface area (TPSA) is 101 Å². The number of nitrogen functional groups attached to an aromatic ring is 1. The second-order valence-corrected chi connectivity index (χ2v) is 11.1. The van der Waals surface area contributed by atoms with Crippen molar-refractivity contribution in [1.29, 1.82) is 0 Å². The number of anilines is 2. The summed E-state index contributed by atoms with van der Waals surface area (Å²) in [6, 6.07) is 22.4. The molecule has 204 valence electrons. The van der Waals surface area contributed by atoms with Crippen LogP contribution in [0.25, 0.3) is 43.4 Å². The molecule has 1 saturated heterocycles. The third-order valence-electron chi connectivity index (χ3n) is 7.42. The molecule has 8 nitrogen and oxygen atoms in total. The Labute approximate surface area is 238 Å². The molecule has 3 aromatic heterocycles.